The predicted octanol–water partition coefficient (Wildman–Crippen LogP) is 3.53. The molecule has 0 saturated carbocycles. The fraction of sp³-hybridized carbons (Fsp3) is 0.438. The van der Waals surface area contributed by atoms with E-state index in [-0.39, 0.29) is 5.97 Å². The SMILES string of the molecule is C=C(Cc1ccc(OCC)cc1)C(=O)OCCCC. The fourth-order valence-electron chi connectivity index (χ4n) is 1.60. The zero-order valence-corrected chi connectivity index (χ0v) is 11.8. The smallest absolute Gasteiger partial charge is 0.333 e. The summed E-state index contributed by atoms with van der Waals surface area (Å²) in [5.41, 5.74) is 1.51. The molecule has 0 radical (unpaired) electrons. The van der Waals surface area contributed by atoms with Crippen LogP contribution in [0, 0.1) is 0 Å². The van der Waals surface area contributed by atoms with Gasteiger partial charge in [0.25, 0.3) is 0 Å². The highest BCUT2D eigenvalue weighted by Gasteiger charge is 2.09. The van der Waals surface area contributed by atoms with E-state index in [2.05, 4.69) is 13.5 Å². The van der Waals surface area contributed by atoms with E-state index in [0.717, 1.165) is 24.2 Å². The predicted molar refractivity (Wildman–Crippen MR) is 76.3 cm³/mol. The molecule has 3 heteroatoms. The maximum absolute atomic E-state index is 11.6. The maximum atomic E-state index is 11.6. The van der Waals surface area contributed by atoms with Crippen molar-refractivity contribution in [3.63, 3.8) is 0 Å². The van der Waals surface area contributed by atoms with E-state index >= 15 is 0 Å². The van der Waals surface area contributed by atoms with Crippen molar-refractivity contribution in [2.24, 2.45) is 0 Å². The Morgan fingerprint density at radius 2 is 1.89 bits per heavy atom. The standard InChI is InChI=1S/C16H22O3/c1-4-6-11-19-16(17)13(3)12-14-7-9-15(10-8-14)18-5-2/h7-10H,3-6,11-12H2,1-2H3. The molecule has 0 aliphatic heterocycles. The van der Waals surface area contributed by atoms with Crippen LogP contribution < -0.4 is 4.74 Å². The highest BCUT2D eigenvalue weighted by Crippen LogP contribution is 2.15. The van der Waals surface area contributed by atoms with Gasteiger partial charge in [0.15, 0.2) is 0 Å². The molecule has 3 nitrogen and oxygen atoms in total. The van der Waals surface area contributed by atoms with Crippen LogP contribution in [-0.4, -0.2) is 19.2 Å². The molecule has 0 heterocycles. The van der Waals surface area contributed by atoms with Gasteiger partial charge in [0, 0.05) is 12.0 Å². The minimum absolute atomic E-state index is 0.303. The lowest BCUT2D eigenvalue weighted by molar-refractivity contribution is -0.139. The Morgan fingerprint density at radius 3 is 2.47 bits per heavy atom. The Hall–Kier alpha value is -1.77. The van der Waals surface area contributed by atoms with Crippen molar-refractivity contribution in [3.8, 4) is 5.75 Å². The van der Waals surface area contributed by atoms with Crippen LogP contribution in [-0.2, 0) is 16.0 Å². The summed E-state index contributed by atoms with van der Waals surface area (Å²) >= 11 is 0. The number of hydrogen-bond acceptors (Lipinski definition) is 3. The molecule has 0 fully saturated rings. The quantitative estimate of drug-likeness (QED) is 0.408. The van der Waals surface area contributed by atoms with Crippen LogP contribution in [0.25, 0.3) is 0 Å². The first-order chi connectivity index (χ1) is 9.17. The molecular weight excluding hydrogens is 240 g/mol. The number of hydrogen-bond donors (Lipinski definition) is 0. The molecule has 19 heavy (non-hydrogen) atoms. The number of ether oxygens (including phenoxy) is 2. The van der Waals surface area contributed by atoms with Gasteiger partial charge in [0.2, 0.25) is 0 Å². The molecule has 1 aromatic carbocycles. The van der Waals surface area contributed by atoms with E-state index < -0.39 is 0 Å². The third-order valence-corrected chi connectivity index (χ3v) is 2.67. The van der Waals surface area contributed by atoms with Gasteiger partial charge in [-0.15, -0.1) is 0 Å². The molecule has 0 atom stereocenters. The second-order valence-corrected chi connectivity index (χ2v) is 4.35. The topological polar surface area (TPSA) is 35.5 Å². The van der Waals surface area contributed by atoms with Crippen LogP contribution >= 0.6 is 0 Å². The minimum Gasteiger partial charge on any atom is -0.494 e. The van der Waals surface area contributed by atoms with E-state index in [1.165, 1.54) is 0 Å². The van der Waals surface area contributed by atoms with Gasteiger partial charge in [-0.1, -0.05) is 32.1 Å². The van der Waals surface area contributed by atoms with E-state index in [1.54, 1.807) is 0 Å². The van der Waals surface area contributed by atoms with Crippen molar-refractivity contribution in [1.29, 1.82) is 0 Å². The Labute approximate surface area is 115 Å². The van der Waals surface area contributed by atoms with Crippen LogP contribution in [0.1, 0.15) is 32.3 Å². The molecule has 0 unspecified atom stereocenters. The summed E-state index contributed by atoms with van der Waals surface area (Å²) in [6, 6.07) is 7.67. The molecule has 1 aromatic rings. The first kappa shape index (κ1) is 15.3. The highest BCUT2D eigenvalue weighted by molar-refractivity contribution is 5.88. The van der Waals surface area contributed by atoms with Gasteiger partial charge in [-0.05, 0) is 31.0 Å². The lowest BCUT2D eigenvalue weighted by Gasteiger charge is -2.08. The van der Waals surface area contributed by atoms with Crippen molar-refractivity contribution < 1.29 is 14.3 Å². The van der Waals surface area contributed by atoms with Gasteiger partial charge in [0.05, 0.1) is 13.2 Å². The number of unbranched alkanes of at least 4 members (excludes halogenated alkanes) is 1. The lowest BCUT2D eigenvalue weighted by atomic mass is 10.1. The molecule has 0 saturated heterocycles. The lowest BCUT2D eigenvalue weighted by Crippen LogP contribution is -2.10. The molecule has 0 spiro atoms. The Kier molecular flexibility index (Phi) is 6.72. The monoisotopic (exact) mass is 262 g/mol. The number of carbonyl (C=O) groups is 1. The van der Waals surface area contributed by atoms with E-state index in [0.29, 0.717) is 25.2 Å². The van der Waals surface area contributed by atoms with E-state index in [1.807, 2.05) is 31.2 Å². The second kappa shape index (κ2) is 8.35. The summed E-state index contributed by atoms with van der Waals surface area (Å²) < 4.78 is 10.5. The molecule has 0 aromatic heterocycles. The summed E-state index contributed by atoms with van der Waals surface area (Å²) in [6.07, 6.45) is 2.41. The Morgan fingerprint density at radius 1 is 1.21 bits per heavy atom. The minimum atomic E-state index is -0.303. The van der Waals surface area contributed by atoms with Crippen molar-refractivity contribution in [2.45, 2.75) is 33.1 Å². The van der Waals surface area contributed by atoms with Gasteiger partial charge in [0.1, 0.15) is 5.75 Å². The number of carbonyl (C=O) groups excluding carboxylic acids is 1. The average molecular weight is 262 g/mol. The second-order valence-electron chi connectivity index (χ2n) is 4.35. The molecule has 1 rings (SSSR count). The van der Waals surface area contributed by atoms with Crippen molar-refractivity contribution >= 4 is 5.97 Å². The number of esters is 1. The third-order valence-electron chi connectivity index (χ3n) is 2.67. The number of benzene rings is 1. The summed E-state index contributed by atoms with van der Waals surface area (Å²) in [4.78, 5) is 11.6. The number of rotatable bonds is 8. The van der Waals surface area contributed by atoms with Crippen molar-refractivity contribution in [1.82, 2.24) is 0 Å². The van der Waals surface area contributed by atoms with E-state index in [4.69, 9.17) is 9.47 Å². The van der Waals surface area contributed by atoms with Gasteiger partial charge >= 0.3 is 5.97 Å². The van der Waals surface area contributed by atoms with Gasteiger partial charge < -0.3 is 9.47 Å². The van der Waals surface area contributed by atoms with Crippen LogP contribution in [0.4, 0.5) is 0 Å². The van der Waals surface area contributed by atoms with Gasteiger partial charge in [-0.3, -0.25) is 0 Å². The summed E-state index contributed by atoms with van der Waals surface area (Å²) in [7, 11) is 0. The molecule has 0 aliphatic carbocycles. The largest absolute Gasteiger partial charge is 0.494 e. The van der Waals surface area contributed by atoms with E-state index in [9.17, 15) is 4.79 Å². The van der Waals surface area contributed by atoms with Crippen LogP contribution in [0.15, 0.2) is 36.4 Å². The molecule has 0 amide bonds. The summed E-state index contributed by atoms with van der Waals surface area (Å²) in [5, 5.41) is 0. The van der Waals surface area contributed by atoms with Crippen LogP contribution in [0.5, 0.6) is 5.75 Å². The fourth-order valence-corrected chi connectivity index (χ4v) is 1.60. The zero-order valence-electron chi connectivity index (χ0n) is 11.8. The first-order valence-electron chi connectivity index (χ1n) is 6.74. The molecule has 0 bridgehead atoms. The zero-order chi connectivity index (χ0) is 14.1. The van der Waals surface area contributed by atoms with Gasteiger partial charge in [-0.25, -0.2) is 4.79 Å². The molecular formula is C16H22O3. The van der Waals surface area contributed by atoms with Crippen molar-refractivity contribution in [2.75, 3.05) is 13.2 Å². The Balaban J connectivity index is 2.45. The van der Waals surface area contributed by atoms with Gasteiger partial charge in [-0.2, -0.15) is 0 Å². The molecule has 104 valence electrons. The van der Waals surface area contributed by atoms with Crippen LogP contribution in [0.2, 0.25) is 0 Å². The molecule has 0 N–H and O–H groups in total. The van der Waals surface area contributed by atoms with Crippen molar-refractivity contribution in [3.05, 3.63) is 42.0 Å². The average Bonchev–Trinajstić information content (AvgIpc) is 2.41. The highest BCUT2D eigenvalue weighted by atomic mass is 16.5. The Bertz CT molecular complexity index is 407. The summed E-state index contributed by atoms with van der Waals surface area (Å²) in [5.74, 6) is 0.532. The normalized spacial score (nSPS) is 10.0. The first-order valence-corrected chi connectivity index (χ1v) is 6.74. The third kappa shape index (κ3) is 5.60. The maximum Gasteiger partial charge on any atom is 0.333 e. The molecule has 0 aliphatic rings. The summed E-state index contributed by atoms with van der Waals surface area (Å²) in [6.45, 7) is 8.90. The van der Waals surface area contributed by atoms with Crippen LogP contribution in [0.3, 0.4) is 0 Å².